The zero-order valence-electron chi connectivity index (χ0n) is 21.7. The Labute approximate surface area is 218 Å². The van der Waals surface area contributed by atoms with E-state index in [2.05, 4.69) is 45.9 Å². The van der Waals surface area contributed by atoms with Gasteiger partial charge in [-0.2, -0.15) is 0 Å². The van der Waals surface area contributed by atoms with Crippen molar-refractivity contribution in [3.63, 3.8) is 0 Å². The second-order valence-corrected chi connectivity index (χ2v) is 10.9. The zero-order chi connectivity index (χ0) is 25.7. The number of benzene rings is 3. The van der Waals surface area contributed by atoms with E-state index in [1.807, 2.05) is 53.1 Å². The van der Waals surface area contributed by atoms with Crippen LogP contribution in [0.4, 0.5) is 0 Å². The van der Waals surface area contributed by atoms with Gasteiger partial charge < -0.3 is 4.74 Å². The lowest BCUT2D eigenvalue weighted by Crippen LogP contribution is -2.23. The van der Waals surface area contributed by atoms with Gasteiger partial charge in [0.1, 0.15) is 11.6 Å². The summed E-state index contributed by atoms with van der Waals surface area (Å²) in [5.41, 5.74) is 4.16. The molecule has 1 heterocycles. The van der Waals surface area contributed by atoms with E-state index in [0.717, 1.165) is 37.0 Å². The van der Waals surface area contributed by atoms with E-state index < -0.39 is 0 Å². The topological polar surface area (TPSA) is 44.1 Å². The third kappa shape index (κ3) is 6.17. The number of nitrogens with zero attached hydrogens (tertiary/aromatic N) is 2. The number of para-hydroxylation sites is 1. The Morgan fingerprint density at radius 3 is 2.39 bits per heavy atom. The number of fused-ring (bicyclic) bond motifs is 1. The molecule has 0 aliphatic heterocycles. The maximum absolute atomic E-state index is 13.3. The van der Waals surface area contributed by atoms with Crippen LogP contribution in [0.3, 0.4) is 0 Å². The summed E-state index contributed by atoms with van der Waals surface area (Å²) in [7, 11) is 0. The molecule has 0 aliphatic carbocycles. The standard InChI is InChI=1S/C31H35ClN2O2/c1-22-13-18-28(26(21-22)31(2,3)4)36-20-10-6-5-9-19-34-29(23-14-16-24(32)17-15-23)33-27-12-8-7-11-25(27)30(34)35/h7-8,11-18,21H,5-6,9-10,19-20H2,1-4H3. The number of ether oxygens (including phenoxy) is 1. The fourth-order valence-corrected chi connectivity index (χ4v) is 4.58. The van der Waals surface area contributed by atoms with Gasteiger partial charge in [-0.15, -0.1) is 0 Å². The first-order valence-electron chi connectivity index (χ1n) is 12.7. The van der Waals surface area contributed by atoms with Crippen LogP contribution in [0.1, 0.15) is 57.6 Å². The van der Waals surface area contributed by atoms with E-state index in [0.29, 0.717) is 34.9 Å². The van der Waals surface area contributed by atoms with Gasteiger partial charge in [0.2, 0.25) is 0 Å². The van der Waals surface area contributed by atoms with Crippen LogP contribution in [-0.4, -0.2) is 16.2 Å². The summed E-state index contributed by atoms with van der Waals surface area (Å²) in [5, 5.41) is 1.31. The lowest BCUT2D eigenvalue weighted by Gasteiger charge is -2.23. The molecule has 1 aromatic heterocycles. The molecule has 36 heavy (non-hydrogen) atoms. The molecule has 0 fully saturated rings. The van der Waals surface area contributed by atoms with Crippen LogP contribution in [0.25, 0.3) is 22.3 Å². The molecule has 0 radical (unpaired) electrons. The summed E-state index contributed by atoms with van der Waals surface area (Å²) in [6.07, 6.45) is 3.94. The van der Waals surface area contributed by atoms with Crippen LogP contribution in [0.5, 0.6) is 5.75 Å². The second-order valence-electron chi connectivity index (χ2n) is 10.4. The molecule has 3 aromatic carbocycles. The molecular formula is C31H35ClN2O2. The lowest BCUT2D eigenvalue weighted by atomic mass is 9.85. The van der Waals surface area contributed by atoms with Crippen molar-refractivity contribution in [1.29, 1.82) is 0 Å². The monoisotopic (exact) mass is 502 g/mol. The third-order valence-corrected chi connectivity index (χ3v) is 6.69. The highest BCUT2D eigenvalue weighted by Gasteiger charge is 2.19. The maximum atomic E-state index is 13.3. The fourth-order valence-electron chi connectivity index (χ4n) is 4.46. The predicted molar refractivity (Wildman–Crippen MR) is 150 cm³/mol. The number of rotatable bonds is 9. The van der Waals surface area contributed by atoms with Crippen LogP contribution in [-0.2, 0) is 12.0 Å². The first-order chi connectivity index (χ1) is 17.2. The minimum Gasteiger partial charge on any atom is -0.493 e. The van der Waals surface area contributed by atoms with Gasteiger partial charge in [-0.25, -0.2) is 4.98 Å². The van der Waals surface area contributed by atoms with Gasteiger partial charge in [0.05, 0.1) is 17.5 Å². The average molecular weight is 503 g/mol. The van der Waals surface area contributed by atoms with E-state index >= 15 is 0 Å². The van der Waals surface area contributed by atoms with Gasteiger partial charge in [-0.1, -0.05) is 75.0 Å². The van der Waals surface area contributed by atoms with Crippen molar-refractivity contribution in [3.05, 3.63) is 93.2 Å². The summed E-state index contributed by atoms with van der Waals surface area (Å²) in [4.78, 5) is 18.2. The summed E-state index contributed by atoms with van der Waals surface area (Å²) in [6, 6.07) is 21.5. The molecule has 0 atom stereocenters. The van der Waals surface area contributed by atoms with Gasteiger partial charge in [0.15, 0.2) is 0 Å². The fraction of sp³-hybridized carbons (Fsp3) is 0.355. The third-order valence-electron chi connectivity index (χ3n) is 6.44. The Bertz CT molecular complexity index is 1380. The first kappa shape index (κ1) is 26.0. The van der Waals surface area contributed by atoms with Crippen molar-refractivity contribution < 1.29 is 4.74 Å². The molecule has 188 valence electrons. The molecule has 0 amide bonds. The molecule has 0 unspecified atom stereocenters. The van der Waals surface area contributed by atoms with E-state index in [-0.39, 0.29) is 11.0 Å². The van der Waals surface area contributed by atoms with Crippen molar-refractivity contribution in [2.24, 2.45) is 0 Å². The molecule has 0 saturated heterocycles. The SMILES string of the molecule is Cc1ccc(OCCCCCCn2c(-c3ccc(Cl)cc3)nc3ccccc3c2=O)c(C(C)(C)C)c1. The van der Waals surface area contributed by atoms with E-state index in [9.17, 15) is 4.79 Å². The minimum atomic E-state index is 0.00274. The zero-order valence-corrected chi connectivity index (χ0v) is 22.4. The molecule has 4 rings (SSSR count). The van der Waals surface area contributed by atoms with Gasteiger partial charge in [-0.3, -0.25) is 9.36 Å². The number of aryl methyl sites for hydroxylation is 1. The molecule has 0 N–H and O–H groups in total. The highest BCUT2D eigenvalue weighted by molar-refractivity contribution is 6.30. The lowest BCUT2D eigenvalue weighted by molar-refractivity contribution is 0.296. The van der Waals surface area contributed by atoms with Gasteiger partial charge in [0, 0.05) is 17.1 Å². The van der Waals surface area contributed by atoms with Gasteiger partial charge >= 0.3 is 0 Å². The maximum Gasteiger partial charge on any atom is 0.261 e. The second kappa shape index (κ2) is 11.3. The summed E-state index contributed by atoms with van der Waals surface area (Å²) < 4.78 is 7.97. The van der Waals surface area contributed by atoms with Crippen LogP contribution < -0.4 is 10.3 Å². The minimum absolute atomic E-state index is 0.00274. The predicted octanol–water partition coefficient (Wildman–Crippen LogP) is 7.96. The van der Waals surface area contributed by atoms with Gasteiger partial charge in [-0.05, 0) is 73.2 Å². The van der Waals surface area contributed by atoms with E-state index in [1.54, 1.807) is 0 Å². The largest absolute Gasteiger partial charge is 0.493 e. The van der Waals surface area contributed by atoms with Gasteiger partial charge in [0.25, 0.3) is 5.56 Å². The summed E-state index contributed by atoms with van der Waals surface area (Å²) in [6.45, 7) is 10.1. The number of halogens is 1. The molecular weight excluding hydrogens is 468 g/mol. The van der Waals surface area contributed by atoms with Crippen LogP contribution in [0.2, 0.25) is 5.02 Å². The molecule has 4 aromatic rings. The van der Waals surface area contributed by atoms with Crippen LogP contribution in [0, 0.1) is 6.92 Å². The van der Waals surface area contributed by atoms with Crippen molar-refractivity contribution in [2.75, 3.05) is 6.61 Å². The molecule has 0 aliphatic rings. The molecule has 0 spiro atoms. The van der Waals surface area contributed by atoms with Crippen molar-refractivity contribution in [2.45, 2.75) is 65.3 Å². The van der Waals surface area contributed by atoms with Crippen molar-refractivity contribution in [1.82, 2.24) is 9.55 Å². The Kier molecular flexibility index (Phi) is 8.15. The van der Waals surface area contributed by atoms with E-state index in [1.165, 1.54) is 11.1 Å². The van der Waals surface area contributed by atoms with E-state index in [4.69, 9.17) is 21.3 Å². The summed E-state index contributed by atoms with van der Waals surface area (Å²) >= 11 is 6.09. The van der Waals surface area contributed by atoms with Crippen LogP contribution >= 0.6 is 11.6 Å². The Balaban J connectivity index is 1.38. The number of hydrogen-bond acceptors (Lipinski definition) is 3. The highest BCUT2D eigenvalue weighted by atomic mass is 35.5. The molecule has 0 saturated carbocycles. The van der Waals surface area contributed by atoms with Crippen LogP contribution in [0.15, 0.2) is 71.5 Å². The summed E-state index contributed by atoms with van der Waals surface area (Å²) in [5.74, 6) is 1.67. The normalized spacial score (nSPS) is 11.7. The van der Waals surface area contributed by atoms with Crippen molar-refractivity contribution in [3.8, 4) is 17.1 Å². The Morgan fingerprint density at radius 1 is 0.917 bits per heavy atom. The molecule has 0 bridgehead atoms. The number of unbranched alkanes of at least 4 members (excludes halogenated alkanes) is 3. The Hall–Kier alpha value is -3.11. The molecule has 5 heteroatoms. The molecule has 4 nitrogen and oxygen atoms in total. The quantitative estimate of drug-likeness (QED) is 0.218. The highest BCUT2D eigenvalue weighted by Crippen LogP contribution is 2.32. The first-order valence-corrected chi connectivity index (χ1v) is 13.1. The Morgan fingerprint density at radius 2 is 1.64 bits per heavy atom. The average Bonchev–Trinajstić information content (AvgIpc) is 2.85. The number of aromatic nitrogens is 2. The smallest absolute Gasteiger partial charge is 0.261 e. The number of hydrogen-bond donors (Lipinski definition) is 0. The van der Waals surface area contributed by atoms with Crippen molar-refractivity contribution >= 4 is 22.5 Å².